The third kappa shape index (κ3) is 5.67. The molecule has 0 spiro atoms. The van der Waals surface area contributed by atoms with E-state index in [4.69, 9.17) is 16.3 Å². The average Bonchev–Trinajstić information content (AvgIpc) is 2.68. The molecule has 3 rings (SSSR count). The zero-order chi connectivity index (χ0) is 19.9. The first-order valence-corrected chi connectivity index (χ1v) is 10.2. The summed E-state index contributed by atoms with van der Waals surface area (Å²) >= 11 is 12.9. The van der Waals surface area contributed by atoms with Crippen LogP contribution in [0.15, 0.2) is 80.8 Å². The molecule has 0 aliphatic rings. The van der Waals surface area contributed by atoms with Crippen molar-refractivity contribution < 1.29 is 9.53 Å². The molecule has 28 heavy (non-hydrogen) atoms. The predicted octanol–water partition coefficient (Wildman–Crippen LogP) is 6.21. The summed E-state index contributed by atoms with van der Waals surface area (Å²) in [6.07, 6.45) is 1.55. The molecule has 142 valence electrons. The molecule has 4 nitrogen and oxygen atoms in total. The minimum atomic E-state index is -0.334. The number of hydrogen-bond donors (Lipinski definition) is 1. The predicted molar refractivity (Wildman–Crippen MR) is 119 cm³/mol. The molecule has 0 bridgehead atoms. The van der Waals surface area contributed by atoms with Gasteiger partial charge >= 0.3 is 0 Å². The summed E-state index contributed by atoms with van der Waals surface area (Å²) in [6, 6.07) is 20.3. The van der Waals surface area contributed by atoms with Gasteiger partial charge in [0.15, 0.2) is 0 Å². The number of benzene rings is 3. The SMILES string of the molecule is O=C(N/N=C\c1cc(Br)c(OCc2ccccc2)c(Br)c1)c1cccc(Cl)c1. The van der Waals surface area contributed by atoms with Crippen molar-refractivity contribution in [2.75, 3.05) is 0 Å². The Kier molecular flexibility index (Phi) is 7.25. The summed E-state index contributed by atoms with van der Waals surface area (Å²) < 4.78 is 7.46. The highest BCUT2D eigenvalue weighted by Crippen LogP contribution is 2.35. The molecular weight excluding hydrogens is 508 g/mol. The molecule has 0 unspecified atom stereocenters. The lowest BCUT2D eigenvalue weighted by molar-refractivity contribution is 0.0955. The summed E-state index contributed by atoms with van der Waals surface area (Å²) in [5, 5.41) is 4.50. The summed E-state index contributed by atoms with van der Waals surface area (Å²) in [5.74, 6) is 0.365. The second-order valence-corrected chi connectivity index (χ2v) is 7.94. The Morgan fingerprint density at radius 2 is 1.75 bits per heavy atom. The van der Waals surface area contributed by atoms with E-state index in [0.29, 0.717) is 22.9 Å². The monoisotopic (exact) mass is 520 g/mol. The highest BCUT2D eigenvalue weighted by molar-refractivity contribution is 9.11. The number of nitrogens with zero attached hydrogens (tertiary/aromatic N) is 1. The molecule has 7 heteroatoms. The first-order chi connectivity index (χ1) is 13.5. The van der Waals surface area contributed by atoms with Crippen molar-refractivity contribution in [1.82, 2.24) is 5.43 Å². The van der Waals surface area contributed by atoms with E-state index < -0.39 is 0 Å². The van der Waals surface area contributed by atoms with E-state index in [9.17, 15) is 4.79 Å². The molecule has 1 N–H and O–H groups in total. The summed E-state index contributed by atoms with van der Waals surface area (Å²) in [6.45, 7) is 0.459. The second kappa shape index (κ2) is 9.87. The number of rotatable bonds is 6. The van der Waals surface area contributed by atoms with Crippen molar-refractivity contribution in [3.8, 4) is 5.75 Å². The lowest BCUT2D eigenvalue weighted by atomic mass is 10.2. The van der Waals surface area contributed by atoms with E-state index in [1.807, 2.05) is 42.5 Å². The summed E-state index contributed by atoms with van der Waals surface area (Å²) in [5.41, 5.74) is 4.79. The highest BCUT2D eigenvalue weighted by Gasteiger charge is 2.09. The third-order valence-electron chi connectivity index (χ3n) is 3.71. The number of nitrogens with one attached hydrogen (secondary N) is 1. The highest BCUT2D eigenvalue weighted by atomic mass is 79.9. The molecule has 0 heterocycles. The molecule has 0 saturated heterocycles. The number of hydrazone groups is 1. The maximum atomic E-state index is 12.1. The fraction of sp³-hybridized carbons (Fsp3) is 0.0476. The van der Waals surface area contributed by atoms with Crippen LogP contribution in [0.4, 0.5) is 0 Å². The Hall–Kier alpha value is -2.15. The van der Waals surface area contributed by atoms with Gasteiger partial charge in [-0.15, -0.1) is 0 Å². The fourth-order valence-electron chi connectivity index (χ4n) is 2.38. The molecule has 0 aromatic heterocycles. The van der Waals surface area contributed by atoms with Crippen LogP contribution in [-0.4, -0.2) is 12.1 Å². The van der Waals surface area contributed by atoms with Crippen molar-refractivity contribution in [3.63, 3.8) is 0 Å². The minimum absolute atomic E-state index is 0.334. The summed E-state index contributed by atoms with van der Waals surface area (Å²) in [4.78, 5) is 12.1. The Labute approximate surface area is 184 Å². The third-order valence-corrected chi connectivity index (χ3v) is 5.13. The van der Waals surface area contributed by atoms with Crippen LogP contribution >= 0.6 is 43.5 Å². The van der Waals surface area contributed by atoms with Gasteiger partial charge in [0.1, 0.15) is 12.4 Å². The molecule has 0 radical (unpaired) electrons. The van der Waals surface area contributed by atoms with Crippen LogP contribution in [0, 0.1) is 0 Å². The second-order valence-electron chi connectivity index (χ2n) is 5.80. The topological polar surface area (TPSA) is 50.7 Å². The molecule has 0 saturated carbocycles. The van der Waals surface area contributed by atoms with Crippen LogP contribution in [-0.2, 0) is 6.61 Å². The van der Waals surface area contributed by atoms with Crippen molar-refractivity contribution in [3.05, 3.63) is 97.4 Å². The van der Waals surface area contributed by atoms with Crippen molar-refractivity contribution in [1.29, 1.82) is 0 Å². The summed E-state index contributed by atoms with van der Waals surface area (Å²) in [7, 11) is 0. The first-order valence-electron chi connectivity index (χ1n) is 8.27. The zero-order valence-corrected chi connectivity index (χ0v) is 18.5. The minimum Gasteiger partial charge on any atom is -0.487 e. The van der Waals surface area contributed by atoms with Gasteiger partial charge in [0.2, 0.25) is 0 Å². The number of amides is 1. The Bertz CT molecular complexity index is 987. The van der Waals surface area contributed by atoms with Gasteiger partial charge in [0.25, 0.3) is 5.91 Å². The van der Waals surface area contributed by atoms with E-state index in [2.05, 4.69) is 42.4 Å². The van der Waals surface area contributed by atoms with Crippen LogP contribution in [0.25, 0.3) is 0 Å². The average molecular weight is 523 g/mol. The van der Waals surface area contributed by atoms with Gasteiger partial charge in [-0.05, 0) is 73.3 Å². The molecule has 0 atom stereocenters. The Morgan fingerprint density at radius 3 is 2.43 bits per heavy atom. The van der Waals surface area contributed by atoms with Gasteiger partial charge in [0, 0.05) is 10.6 Å². The normalized spacial score (nSPS) is 10.8. The van der Waals surface area contributed by atoms with Crippen molar-refractivity contribution in [2.45, 2.75) is 6.61 Å². The lowest BCUT2D eigenvalue weighted by Crippen LogP contribution is -2.17. The first kappa shape index (κ1) is 20.6. The molecule has 0 aliphatic heterocycles. The maximum Gasteiger partial charge on any atom is 0.271 e. The largest absolute Gasteiger partial charge is 0.487 e. The standard InChI is InChI=1S/C21H15Br2ClN2O2/c22-18-9-15(12-25-26-21(27)16-7-4-8-17(24)11-16)10-19(23)20(18)28-13-14-5-2-1-3-6-14/h1-12H,13H2,(H,26,27)/b25-12-. The molecule has 3 aromatic rings. The number of carbonyl (C=O) groups is 1. The Morgan fingerprint density at radius 1 is 1.04 bits per heavy atom. The lowest BCUT2D eigenvalue weighted by Gasteiger charge is -2.11. The molecular formula is C21H15Br2ClN2O2. The zero-order valence-electron chi connectivity index (χ0n) is 14.5. The van der Waals surface area contributed by atoms with E-state index >= 15 is 0 Å². The van der Waals surface area contributed by atoms with Gasteiger partial charge in [-0.3, -0.25) is 4.79 Å². The van der Waals surface area contributed by atoms with Crippen LogP contribution in [0.2, 0.25) is 5.02 Å². The molecule has 1 amide bonds. The van der Waals surface area contributed by atoms with Gasteiger partial charge in [-0.2, -0.15) is 5.10 Å². The number of carbonyl (C=O) groups excluding carboxylic acids is 1. The maximum absolute atomic E-state index is 12.1. The van der Waals surface area contributed by atoms with Crippen LogP contribution in [0.5, 0.6) is 5.75 Å². The van der Waals surface area contributed by atoms with Crippen molar-refractivity contribution in [2.24, 2.45) is 5.10 Å². The number of ether oxygens (including phenoxy) is 1. The molecule has 3 aromatic carbocycles. The van der Waals surface area contributed by atoms with Gasteiger partial charge in [0.05, 0.1) is 15.2 Å². The van der Waals surface area contributed by atoms with E-state index in [0.717, 1.165) is 20.1 Å². The number of halogens is 3. The molecule has 0 aliphatic carbocycles. The number of hydrogen-bond acceptors (Lipinski definition) is 3. The van der Waals surface area contributed by atoms with Gasteiger partial charge in [-0.1, -0.05) is 48.0 Å². The smallest absolute Gasteiger partial charge is 0.271 e. The van der Waals surface area contributed by atoms with Crippen LogP contribution in [0.3, 0.4) is 0 Å². The van der Waals surface area contributed by atoms with Crippen molar-refractivity contribution >= 4 is 55.6 Å². The fourth-order valence-corrected chi connectivity index (χ4v) is 4.02. The van der Waals surface area contributed by atoms with Gasteiger partial charge in [-0.25, -0.2) is 5.43 Å². The Balaban J connectivity index is 1.65. The quantitative estimate of drug-likeness (QED) is 0.309. The van der Waals surface area contributed by atoms with Crippen LogP contribution < -0.4 is 10.2 Å². The van der Waals surface area contributed by atoms with Gasteiger partial charge < -0.3 is 4.74 Å². The van der Waals surface area contributed by atoms with E-state index in [-0.39, 0.29) is 5.91 Å². The van der Waals surface area contributed by atoms with Crippen LogP contribution in [0.1, 0.15) is 21.5 Å². The van der Waals surface area contributed by atoms with E-state index in [1.54, 1.807) is 30.5 Å². The van der Waals surface area contributed by atoms with E-state index in [1.165, 1.54) is 0 Å². The molecule has 0 fully saturated rings.